The Labute approximate surface area is 95.5 Å². The Hall–Kier alpha value is -1.90. The lowest BCUT2D eigenvalue weighted by Gasteiger charge is -1.91. The highest BCUT2D eigenvalue weighted by molar-refractivity contribution is 5.74. The van der Waals surface area contributed by atoms with Gasteiger partial charge in [-0.1, -0.05) is 42.5 Å². The van der Waals surface area contributed by atoms with Crippen molar-refractivity contribution in [3.8, 4) is 0 Å². The van der Waals surface area contributed by atoms with Crippen LogP contribution in [0.1, 0.15) is 12.0 Å². The number of esters is 1. The lowest BCUT2D eigenvalue weighted by Crippen LogP contribution is -2.03. The Morgan fingerprint density at radius 1 is 1.38 bits per heavy atom. The van der Waals surface area contributed by atoms with Crippen LogP contribution >= 0.6 is 0 Å². The van der Waals surface area contributed by atoms with E-state index in [4.69, 9.17) is 0 Å². The van der Waals surface area contributed by atoms with Crippen molar-refractivity contribution in [1.82, 2.24) is 0 Å². The molecule has 0 spiro atoms. The summed E-state index contributed by atoms with van der Waals surface area (Å²) in [6.45, 7) is 0.0929. The predicted octanol–water partition coefficient (Wildman–Crippen LogP) is 2.33. The quantitative estimate of drug-likeness (QED) is 0.561. The summed E-state index contributed by atoms with van der Waals surface area (Å²) in [5.74, 6) is -0.316. The highest BCUT2D eigenvalue weighted by Crippen LogP contribution is 2.00. The van der Waals surface area contributed by atoms with Crippen LogP contribution in [-0.4, -0.2) is 25.8 Å². The minimum atomic E-state index is -0.316. The predicted molar refractivity (Wildman–Crippen MR) is 65.5 cm³/mol. The standard InChI is InChI=1S/C13H15NO2/c1-16-13(15)11-14-10-6-5-9-12-7-3-2-4-8-12/h2-5,7-10H,6,11H2,1H3/b9-5+,14-10?. The number of aliphatic imine (C=N–C) groups is 1. The van der Waals surface area contributed by atoms with Crippen molar-refractivity contribution in [2.45, 2.75) is 6.42 Å². The highest BCUT2D eigenvalue weighted by Gasteiger charge is 1.93. The molecule has 0 heterocycles. The van der Waals surface area contributed by atoms with E-state index in [9.17, 15) is 4.79 Å². The third kappa shape index (κ3) is 5.10. The van der Waals surface area contributed by atoms with Gasteiger partial charge in [-0.2, -0.15) is 0 Å². The summed E-state index contributed by atoms with van der Waals surface area (Å²) in [6, 6.07) is 10.0. The number of carbonyl (C=O) groups excluding carboxylic acids is 1. The SMILES string of the molecule is COC(=O)CN=CC/C=C/c1ccccc1. The van der Waals surface area contributed by atoms with Crippen molar-refractivity contribution in [1.29, 1.82) is 0 Å². The maximum atomic E-state index is 10.7. The van der Waals surface area contributed by atoms with Crippen molar-refractivity contribution in [2.24, 2.45) is 4.99 Å². The summed E-state index contributed by atoms with van der Waals surface area (Å²) >= 11 is 0. The molecule has 1 aromatic carbocycles. The topological polar surface area (TPSA) is 38.7 Å². The number of ether oxygens (including phenoxy) is 1. The molecule has 0 amide bonds. The summed E-state index contributed by atoms with van der Waals surface area (Å²) in [7, 11) is 1.35. The molecular weight excluding hydrogens is 202 g/mol. The molecule has 0 saturated heterocycles. The number of carbonyl (C=O) groups is 1. The van der Waals surface area contributed by atoms with E-state index in [0.29, 0.717) is 6.42 Å². The first-order valence-electron chi connectivity index (χ1n) is 5.09. The van der Waals surface area contributed by atoms with Crippen molar-refractivity contribution in [3.05, 3.63) is 42.0 Å². The van der Waals surface area contributed by atoms with Crippen molar-refractivity contribution < 1.29 is 9.53 Å². The zero-order chi connectivity index (χ0) is 11.6. The van der Waals surface area contributed by atoms with Crippen LogP contribution in [0.5, 0.6) is 0 Å². The van der Waals surface area contributed by atoms with Gasteiger partial charge in [0.05, 0.1) is 7.11 Å². The van der Waals surface area contributed by atoms with E-state index < -0.39 is 0 Å². The number of methoxy groups -OCH3 is 1. The molecule has 0 atom stereocenters. The summed E-state index contributed by atoms with van der Waals surface area (Å²) in [5, 5.41) is 0. The molecule has 3 heteroatoms. The molecule has 0 bridgehead atoms. The van der Waals surface area contributed by atoms with Crippen LogP contribution < -0.4 is 0 Å². The van der Waals surface area contributed by atoms with E-state index in [1.807, 2.05) is 42.5 Å². The fourth-order valence-electron chi connectivity index (χ4n) is 1.11. The zero-order valence-electron chi connectivity index (χ0n) is 9.30. The van der Waals surface area contributed by atoms with Gasteiger partial charge in [0.2, 0.25) is 0 Å². The molecule has 16 heavy (non-hydrogen) atoms. The minimum Gasteiger partial charge on any atom is -0.468 e. The van der Waals surface area contributed by atoms with E-state index in [2.05, 4.69) is 9.73 Å². The molecule has 0 radical (unpaired) electrons. The Bertz CT molecular complexity index is 369. The maximum absolute atomic E-state index is 10.7. The number of nitrogens with zero attached hydrogens (tertiary/aromatic N) is 1. The summed E-state index contributed by atoms with van der Waals surface area (Å²) in [5.41, 5.74) is 1.16. The van der Waals surface area contributed by atoms with Crippen LogP contribution in [0.2, 0.25) is 0 Å². The molecule has 0 fully saturated rings. The number of rotatable bonds is 5. The fourth-order valence-corrected chi connectivity index (χ4v) is 1.11. The highest BCUT2D eigenvalue weighted by atomic mass is 16.5. The molecule has 0 aliphatic rings. The molecule has 0 N–H and O–H groups in total. The Balaban J connectivity index is 2.25. The minimum absolute atomic E-state index is 0.0929. The molecular formula is C13H15NO2. The van der Waals surface area contributed by atoms with Gasteiger partial charge in [0.15, 0.2) is 0 Å². The average molecular weight is 217 g/mol. The fraction of sp³-hybridized carbons (Fsp3) is 0.231. The van der Waals surface area contributed by atoms with Gasteiger partial charge in [-0.15, -0.1) is 0 Å². The molecule has 0 aliphatic carbocycles. The normalized spacial score (nSPS) is 11.1. The lowest BCUT2D eigenvalue weighted by atomic mass is 10.2. The molecule has 0 aliphatic heterocycles. The number of hydrogen-bond acceptors (Lipinski definition) is 3. The zero-order valence-corrected chi connectivity index (χ0v) is 9.30. The van der Waals surface area contributed by atoms with Crippen LogP contribution in [0, 0.1) is 0 Å². The number of benzene rings is 1. The second kappa shape index (κ2) is 7.40. The van der Waals surface area contributed by atoms with E-state index in [-0.39, 0.29) is 12.5 Å². The van der Waals surface area contributed by atoms with Gasteiger partial charge in [0.25, 0.3) is 0 Å². The van der Waals surface area contributed by atoms with Gasteiger partial charge in [-0.25, -0.2) is 0 Å². The number of allylic oxidation sites excluding steroid dienone is 1. The smallest absolute Gasteiger partial charge is 0.327 e. The Morgan fingerprint density at radius 3 is 2.81 bits per heavy atom. The molecule has 0 unspecified atom stereocenters. The van der Waals surface area contributed by atoms with E-state index in [1.165, 1.54) is 7.11 Å². The largest absolute Gasteiger partial charge is 0.468 e. The van der Waals surface area contributed by atoms with E-state index >= 15 is 0 Å². The average Bonchev–Trinajstić information content (AvgIpc) is 2.34. The van der Waals surface area contributed by atoms with Crippen molar-refractivity contribution in [2.75, 3.05) is 13.7 Å². The maximum Gasteiger partial charge on any atom is 0.327 e. The third-order valence-electron chi connectivity index (χ3n) is 1.93. The number of hydrogen-bond donors (Lipinski definition) is 0. The van der Waals surface area contributed by atoms with Gasteiger partial charge in [0.1, 0.15) is 6.54 Å². The van der Waals surface area contributed by atoms with Crippen LogP contribution in [0.25, 0.3) is 6.08 Å². The first-order chi connectivity index (χ1) is 7.83. The monoisotopic (exact) mass is 217 g/mol. The van der Waals surface area contributed by atoms with Crippen LogP contribution in [-0.2, 0) is 9.53 Å². The van der Waals surface area contributed by atoms with E-state index in [1.54, 1.807) is 6.21 Å². The Morgan fingerprint density at radius 2 is 2.12 bits per heavy atom. The van der Waals surface area contributed by atoms with Gasteiger partial charge in [0, 0.05) is 12.6 Å². The van der Waals surface area contributed by atoms with Crippen molar-refractivity contribution in [3.63, 3.8) is 0 Å². The molecule has 0 aromatic heterocycles. The van der Waals surface area contributed by atoms with Gasteiger partial charge in [-0.05, 0) is 5.56 Å². The molecule has 3 nitrogen and oxygen atoms in total. The summed E-state index contributed by atoms with van der Waals surface area (Å²) in [4.78, 5) is 14.6. The first-order valence-corrected chi connectivity index (χ1v) is 5.09. The van der Waals surface area contributed by atoms with Gasteiger partial charge < -0.3 is 4.74 Å². The lowest BCUT2D eigenvalue weighted by molar-refractivity contribution is -0.138. The van der Waals surface area contributed by atoms with E-state index in [0.717, 1.165) is 5.56 Å². The van der Waals surface area contributed by atoms with Gasteiger partial charge >= 0.3 is 5.97 Å². The summed E-state index contributed by atoms with van der Waals surface area (Å²) < 4.78 is 4.46. The molecule has 1 rings (SSSR count). The van der Waals surface area contributed by atoms with Crippen LogP contribution in [0.3, 0.4) is 0 Å². The second-order valence-corrected chi connectivity index (χ2v) is 3.15. The molecule has 84 valence electrons. The molecule has 0 saturated carbocycles. The van der Waals surface area contributed by atoms with Gasteiger partial charge in [-0.3, -0.25) is 9.79 Å². The van der Waals surface area contributed by atoms with Crippen molar-refractivity contribution >= 4 is 18.3 Å². The summed E-state index contributed by atoms with van der Waals surface area (Å²) in [6.07, 6.45) is 6.43. The van der Waals surface area contributed by atoms with Crippen LogP contribution in [0.15, 0.2) is 41.4 Å². The third-order valence-corrected chi connectivity index (χ3v) is 1.93. The molecule has 1 aromatic rings. The Kier molecular flexibility index (Phi) is 5.63. The van der Waals surface area contributed by atoms with Crippen LogP contribution in [0.4, 0.5) is 0 Å². The second-order valence-electron chi connectivity index (χ2n) is 3.15. The first kappa shape index (κ1) is 12.2.